The van der Waals surface area contributed by atoms with Crippen LogP contribution in [0.4, 0.5) is 5.69 Å². The summed E-state index contributed by atoms with van der Waals surface area (Å²) in [5, 5.41) is 3.27. The number of halogens is 2. The van der Waals surface area contributed by atoms with E-state index in [1.807, 2.05) is 0 Å². The third kappa shape index (κ3) is 3.39. The maximum atomic E-state index is 11.9. The number of imidazole rings is 1. The Kier molecular flexibility index (Phi) is 4.29. The van der Waals surface area contributed by atoms with E-state index in [2.05, 4.69) is 15.3 Å². The zero-order valence-electron chi connectivity index (χ0n) is 9.91. The summed E-state index contributed by atoms with van der Waals surface area (Å²) >= 11 is 11.7. The van der Waals surface area contributed by atoms with Gasteiger partial charge in [-0.25, -0.2) is 4.98 Å². The molecule has 0 fully saturated rings. The highest BCUT2D eigenvalue weighted by molar-refractivity contribution is 6.43. The fraction of sp³-hybridized carbons (Fsp3) is 0.167. The van der Waals surface area contributed by atoms with Gasteiger partial charge in [-0.2, -0.15) is 0 Å². The van der Waals surface area contributed by atoms with E-state index in [1.165, 1.54) is 12.1 Å². The van der Waals surface area contributed by atoms with E-state index in [4.69, 9.17) is 28.9 Å². The van der Waals surface area contributed by atoms with E-state index in [-0.39, 0.29) is 21.6 Å². The number of nitrogens with zero attached hydrogens (tertiary/aromatic N) is 1. The lowest BCUT2D eigenvalue weighted by molar-refractivity contribution is 0.0954. The summed E-state index contributed by atoms with van der Waals surface area (Å²) in [7, 11) is 0. The van der Waals surface area contributed by atoms with Gasteiger partial charge in [0.2, 0.25) is 0 Å². The number of aromatic nitrogens is 2. The normalized spacial score (nSPS) is 10.4. The van der Waals surface area contributed by atoms with Crippen molar-refractivity contribution in [3.8, 4) is 0 Å². The van der Waals surface area contributed by atoms with Crippen molar-refractivity contribution < 1.29 is 4.79 Å². The molecule has 0 radical (unpaired) electrons. The van der Waals surface area contributed by atoms with Crippen LogP contribution in [0.5, 0.6) is 0 Å². The summed E-state index contributed by atoms with van der Waals surface area (Å²) in [6, 6.07) is 2.99. The molecule has 1 aromatic heterocycles. The van der Waals surface area contributed by atoms with Crippen molar-refractivity contribution in [3.05, 3.63) is 46.0 Å². The highest BCUT2D eigenvalue weighted by Crippen LogP contribution is 2.29. The Hall–Kier alpha value is -1.72. The zero-order chi connectivity index (χ0) is 13.8. The van der Waals surface area contributed by atoms with Gasteiger partial charge in [-0.15, -0.1) is 0 Å². The van der Waals surface area contributed by atoms with E-state index < -0.39 is 0 Å². The summed E-state index contributed by atoms with van der Waals surface area (Å²) in [5.41, 5.74) is 6.32. The molecule has 100 valence electrons. The van der Waals surface area contributed by atoms with Gasteiger partial charge in [-0.3, -0.25) is 4.79 Å². The maximum absolute atomic E-state index is 11.9. The molecule has 0 aliphatic heterocycles. The van der Waals surface area contributed by atoms with Crippen molar-refractivity contribution in [2.75, 3.05) is 12.3 Å². The number of anilines is 1. The third-order valence-corrected chi connectivity index (χ3v) is 3.34. The van der Waals surface area contributed by atoms with Crippen LogP contribution in [0.15, 0.2) is 24.5 Å². The molecule has 19 heavy (non-hydrogen) atoms. The van der Waals surface area contributed by atoms with Gasteiger partial charge in [0, 0.05) is 30.9 Å². The second kappa shape index (κ2) is 5.95. The Labute approximate surface area is 120 Å². The first kappa shape index (κ1) is 13.7. The number of hydrogen-bond acceptors (Lipinski definition) is 3. The Bertz CT molecular complexity index is 560. The minimum absolute atomic E-state index is 0.253. The molecule has 1 heterocycles. The number of aromatic amines is 1. The number of amides is 1. The van der Waals surface area contributed by atoms with Crippen molar-refractivity contribution in [1.82, 2.24) is 15.3 Å². The van der Waals surface area contributed by atoms with E-state index in [1.54, 1.807) is 12.4 Å². The van der Waals surface area contributed by atoms with E-state index in [0.29, 0.717) is 18.5 Å². The number of nitrogen functional groups attached to an aromatic ring is 1. The molecule has 0 spiro atoms. The van der Waals surface area contributed by atoms with Crippen LogP contribution in [0.3, 0.4) is 0 Å². The average molecular weight is 299 g/mol. The number of carbonyl (C=O) groups excluding carboxylic acids is 1. The van der Waals surface area contributed by atoms with Gasteiger partial charge in [0.25, 0.3) is 5.91 Å². The number of rotatable bonds is 4. The summed E-state index contributed by atoms with van der Waals surface area (Å²) in [6.07, 6.45) is 4.02. The fourth-order valence-electron chi connectivity index (χ4n) is 1.57. The number of H-pyrrole nitrogens is 1. The van der Waals surface area contributed by atoms with Crippen molar-refractivity contribution in [2.24, 2.45) is 0 Å². The first-order valence-electron chi connectivity index (χ1n) is 5.59. The molecule has 0 saturated carbocycles. The van der Waals surface area contributed by atoms with Crippen LogP contribution in [0.25, 0.3) is 0 Å². The van der Waals surface area contributed by atoms with Crippen LogP contribution in [0, 0.1) is 0 Å². The van der Waals surface area contributed by atoms with Gasteiger partial charge >= 0.3 is 0 Å². The van der Waals surface area contributed by atoms with Crippen molar-refractivity contribution in [1.29, 1.82) is 0 Å². The molecule has 0 atom stereocenters. The molecule has 4 N–H and O–H groups in total. The van der Waals surface area contributed by atoms with Crippen LogP contribution >= 0.6 is 23.2 Å². The standard InChI is InChI=1S/C12H12Cl2N4O/c13-8-5-7(6-9(15)11(8)14)12(19)18-2-1-10-16-3-4-17-10/h3-6H,1-2,15H2,(H,16,17)(H,18,19). The Balaban J connectivity index is 1.96. The monoisotopic (exact) mass is 298 g/mol. The second-order valence-corrected chi connectivity index (χ2v) is 4.69. The highest BCUT2D eigenvalue weighted by Gasteiger charge is 2.11. The molecular formula is C12H12Cl2N4O. The molecular weight excluding hydrogens is 287 g/mol. The molecule has 0 bridgehead atoms. The molecule has 5 nitrogen and oxygen atoms in total. The van der Waals surface area contributed by atoms with Gasteiger partial charge in [0.15, 0.2) is 0 Å². The number of carbonyl (C=O) groups is 1. The lowest BCUT2D eigenvalue weighted by Gasteiger charge is -2.07. The van der Waals surface area contributed by atoms with Crippen molar-refractivity contribution in [3.63, 3.8) is 0 Å². The lowest BCUT2D eigenvalue weighted by Crippen LogP contribution is -2.26. The highest BCUT2D eigenvalue weighted by atomic mass is 35.5. The van der Waals surface area contributed by atoms with Crippen LogP contribution in [0.2, 0.25) is 10.0 Å². The molecule has 0 saturated heterocycles. The average Bonchev–Trinajstić information content (AvgIpc) is 2.88. The van der Waals surface area contributed by atoms with Gasteiger partial charge < -0.3 is 16.0 Å². The van der Waals surface area contributed by atoms with E-state index >= 15 is 0 Å². The summed E-state index contributed by atoms with van der Waals surface area (Å²) < 4.78 is 0. The zero-order valence-corrected chi connectivity index (χ0v) is 11.4. The molecule has 2 rings (SSSR count). The van der Waals surface area contributed by atoms with E-state index in [9.17, 15) is 4.79 Å². The molecule has 0 unspecified atom stereocenters. The summed E-state index contributed by atoms with van der Waals surface area (Å²) in [5.74, 6) is 0.561. The predicted octanol–water partition coefficient (Wildman–Crippen LogP) is 2.27. The van der Waals surface area contributed by atoms with Gasteiger partial charge in [-0.05, 0) is 12.1 Å². The Morgan fingerprint density at radius 1 is 1.42 bits per heavy atom. The number of nitrogens with two attached hydrogens (primary N) is 1. The first-order valence-corrected chi connectivity index (χ1v) is 6.34. The topological polar surface area (TPSA) is 83.8 Å². The number of nitrogens with one attached hydrogen (secondary N) is 2. The van der Waals surface area contributed by atoms with E-state index in [0.717, 1.165) is 5.82 Å². The predicted molar refractivity (Wildman–Crippen MR) is 75.5 cm³/mol. The van der Waals surface area contributed by atoms with Gasteiger partial charge in [-0.1, -0.05) is 23.2 Å². The third-order valence-electron chi connectivity index (χ3n) is 2.52. The minimum atomic E-state index is -0.253. The largest absolute Gasteiger partial charge is 0.397 e. The number of hydrogen-bond donors (Lipinski definition) is 3. The molecule has 2 aromatic rings. The number of benzene rings is 1. The fourth-order valence-corrected chi connectivity index (χ4v) is 1.91. The Morgan fingerprint density at radius 3 is 2.84 bits per heavy atom. The quantitative estimate of drug-likeness (QED) is 0.757. The molecule has 7 heteroatoms. The summed E-state index contributed by atoms with van der Waals surface area (Å²) in [6.45, 7) is 0.465. The smallest absolute Gasteiger partial charge is 0.251 e. The van der Waals surface area contributed by atoms with Gasteiger partial charge in [0.1, 0.15) is 5.82 Å². The Morgan fingerprint density at radius 2 is 2.21 bits per heavy atom. The van der Waals surface area contributed by atoms with Crippen molar-refractivity contribution in [2.45, 2.75) is 6.42 Å². The molecule has 0 aliphatic carbocycles. The molecule has 1 amide bonds. The lowest BCUT2D eigenvalue weighted by atomic mass is 10.2. The van der Waals surface area contributed by atoms with Crippen LogP contribution in [-0.2, 0) is 6.42 Å². The minimum Gasteiger partial charge on any atom is -0.397 e. The molecule has 0 aliphatic rings. The van der Waals surface area contributed by atoms with Gasteiger partial charge in [0.05, 0.1) is 15.7 Å². The SMILES string of the molecule is Nc1cc(C(=O)NCCc2ncc[nH]2)cc(Cl)c1Cl. The molecule has 1 aromatic carbocycles. The first-order chi connectivity index (χ1) is 9.08. The van der Waals surface area contributed by atoms with Crippen LogP contribution < -0.4 is 11.1 Å². The summed E-state index contributed by atoms with van der Waals surface area (Å²) in [4.78, 5) is 18.9. The van der Waals surface area contributed by atoms with Crippen molar-refractivity contribution >= 4 is 34.8 Å². The maximum Gasteiger partial charge on any atom is 0.251 e. The second-order valence-electron chi connectivity index (χ2n) is 3.90. The van der Waals surface area contributed by atoms with Crippen LogP contribution in [-0.4, -0.2) is 22.4 Å². The van der Waals surface area contributed by atoms with Crippen LogP contribution in [0.1, 0.15) is 16.2 Å².